The van der Waals surface area contributed by atoms with Gasteiger partial charge in [0.15, 0.2) is 5.82 Å². The van der Waals surface area contributed by atoms with Crippen LogP contribution in [0.4, 0.5) is 36.3 Å². The lowest BCUT2D eigenvalue weighted by atomic mass is 10.2. The average Bonchev–Trinajstić information content (AvgIpc) is 2.62. The zero-order chi connectivity index (χ0) is 19.4. The van der Waals surface area contributed by atoms with Crippen LogP contribution in [-0.4, -0.2) is 22.3 Å². The van der Waals surface area contributed by atoms with E-state index >= 15 is 0 Å². The maximum absolute atomic E-state index is 12.8. The predicted octanol–water partition coefficient (Wildman–Crippen LogP) is 5.04. The van der Waals surface area contributed by atoms with Crippen LogP contribution < -0.4 is 15.4 Å². The molecule has 140 valence electrons. The summed E-state index contributed by atoms with van der Waals surface area (Å²) in [4.78, 5) is 4.18. The van der Waals surface area contributed by atoms with Gasteiger partial charge >= 0.3 is 6.18 Å². The summed E-state index contributed by atoms with van der Waals surface area (Å²) in [5.41, 5.74) is 0.0586. The molecule has 3 aromatic rings. The van der Waals surface area contributed by atoms with E-state index < -0.39 is 11.7 Å². The fourth-order valence-corrected chi connectivity index (χ4v) is 2.47. The molecule has 0 fully saturated rings. The molecule has 0 amide bonds. The second kappa shape index (κ2) is 7.67. The van der Waals surface area contributed by atoms with Gasteiger partial charge in [-0.25, -0.2) is 0 Å². The predicted molar refractivity (Wildman–Crippen MR) is 95.8 cm³/mol. The minimum atomic E-state index is -4.43. The number of hydrogen-bond donors (Lipinski definition) is 2. The monoisotopic (exact) mass is 395 g/mol. The largest absolute Gasteiger partial charge is 0.495 e. The zero-order valence-corrected chi connectivity index (χ0v) is 14.6. The van der Waals surface area contributed by atoms with E-state index in [2.05, 4.69) is 25.8 Å². The molecule has 0 bridgehead atoms. The van der Waals surface area contributed by atoms with E-state index in [9.17, 15) is 13.2 Å². The Morgan fingerprint density at radius 3 is 2.52 bits per heavy atom. The Kier molecular flexibility index (Phi) is 5.31. The van der Waals surface area contributed by atoms with Crippen LogP contribution >= 0.6 is 11.6 Å². The normalized spacial score (nSPS) is 11.1. The van der Waals surface area contributed by atoms with E-state index in [0.29, 0.717) is 16.5 Å². The molecule has 0 saturated heterocycles. The van der Waals surface area contributed by atoms with Crippen molar-refractivity contribution in [2.24, 2.45) is 0 Å². The molecule has 1 heterocycles. The van der Waals surface area contributed by atoms with Gasteiger partial charge in [-0.15, -0.1) is 5.10 Å². The summed E-state index contributed by atoms with van der Waals surface area (Å²) in [6, 6.07) is 9.77. The lowest BCUT2D eigenvalue weighted by molar-refractivity contribution is -0.137. The molecule has 0 aliphatic heterocycles. The molecule has 10 heteroatoms. The molecule has 0 atom stereocenters. The number of aromatic nitrogens is 3. The summed E-state index contributed by atoms with van der Waals surface area (Å²) in [5.74, 6) is 0.890. The van der Waals surface area contributed by atoms with Gasteiger partial charge in [0.05, 0.1) is 23.9 Å². The summed E-state index contributed by atoms with van der Waals surface area (Å²) in [5, 5.41) is 13.7. The fourth-order valence-electron chi connectivity index (χ4n) is 2.21. The van der Waals surface area contributed by atoms with Crippen LogP contribution in [-0.2, 0) is 6.18 Å². The van der Waals surface area contributed by atoms with Crippen molar-refractivity contribution in [3.63, 3.8) is 0 Å². The van der Waals surface area contributed by atoms with E-state index in [4.69, 9.17) is 16.3 Å². The Morgan fingerprint density at radius 1 is 1.04 bits per heavy atom. The van der Waals surface area contributed by atoms with Crippen LogP contribution in [0.15, 0.2) is 48.7 Å². The summed E-state index contributed by atoms with van der Waals surface area (Å²) in [6.07, 6.45) is -3.13. The Morgan fingerprint density at radius 2 is 1.81 bits per heavy atom. The molecule has 1 aromatic heterocycles. The van der Waals surface area contributed by atoms with Crippen LogP contribution in [0.1, 0.15) is 5.56 Å². The second-order valence-corrected chi connectivity index (χ2v) is 5.75. The molecule has 0 saturated carbocycles. The van der Waals surface area contributed by atoms with Gasteiger partial charge < -0.3 is 15.4 Å². The Labute approximate surface area is 157 Å². The van der Waals surface area contributed by atoms with Gasteiger partial charge in [0.25, 0.3) is 0 Å². The maximum atomic E-state index is 12.8. The first-order valence-electron chi connectivity index (χ1n) is 7.60. The standard InChI is InChI=1S/C17H13ClF3N5O/c1-27-14-6-5-12(8-13(14)18)24-16-25-15(9-22-26-16)23-11-4-2-3-10(7-11)17(19,20)21/h2-9H,1H3,(H2,23,24,25,26). The van der Waals surface area contributed by atoms with Gasteiger partial charge in [-0.05, 0) is 36.4 Å². The van der Waals surface area contributed by atoms with Crippen LogP contribution in [0.2, 0.25) is 5.02 Å². The molecule has 27 heavy (non-hydrogen) atoms. The summed E-state index contributed by atoms with van der Waals surface area (Å²) >= 11 is 6.06. The molecular weight excluding hydrogens is 383 g/mol. The summed E-state index contributed by atoms with van der Waals surface area (Å²) in [6.45, 7) is 0. The minimum absolute atomic E-state index is 0.146. The van der Waals surface area contributed by atoms with E-state index in [-0.39, 0.29) is 17.5 Å². The molecule has 0 spiro atoms. The van der Waals surface area contributed by atoms with Crippen molar-refractivity contribution in [2.75, 3.05) is 17.7 Å². The smallest absolute Gasteiger partial charge is 0.416 e. The third-order valence-corrected chi connectivity index (χ3v) is 3.72. The van der Waals surface area contributed by atoms with Gasteiger partial charge in [-0.2, -0.15) is 23.3 Å². The number of halogens is 4. The molecule has 0 aliphatic carbocycles. The molecule has 2 aromatic carbocycles. The highest BCUT2D eigenvalue weighted by atomic mass is 35.5. The van der Waals surface area contributed by atoms with Crippen molar-refractivity contribution >= 4 is 34.7 Å². The third-order valence-electron chi connectivity index (χ3n) is 3.43. The fraction of sp³-hybridized carbons (Fsp3) is 0.118. The molecule has 2 N–H and O–H groups in total. The maximum Gasteiger partial charge on any atom is 0.416 e. The van der Waals surface area contributed by atoms with Crippen LogP contribution in [0.5, 0.6) is 5.75 Å². The van der Waals surface area contributed by atoms with Crippen molar-refractivity contribution in [2.45, 2.75) is 6.18 Å². The van der Waals surface area contributed by atoms with Gasteiger partial charge in [-0.1, -0.05) is 17.7 Å². The van der Waals surface area contributed by atoms with Gasteiger partial charge in [-0.3, -0.25) is 0 Å². The minimum Gasteiger partial charge on any atom is -0.495 e. The Bertz CT molecular complexity index is 952. The SMILES string of the molecule is COc1ccc(Nc2nncc(Nc3cccc(C(F)(F)F)c3)n2)cc1Cl. The highest BCUT2D eigenvalue weighted by molar-refractivity contribution is 6.32. The van der Waals surface area contributed by atoms with Gasteiger partial charge in [0, 0.05) is 11.4 Å². The third kappa shape index (κ3) is 4.76. The number of nitrogens with one attached hydrogen (secondary N) is 2. The van der Waals surface area contributed by atoms with E-state index in [1.807, 2.05) is 0 Å². The molecular formula is C17H13ClF3N5O. The quantitative estimate of drug-likeness (QED) is 0.630. The van der Waals surface area contributed by atoms with E-state index in [0.717, 1.165) is 12.1 Å². The number of benzene rings is 2. The Hall–Kier alpha value is -3.07. The van der Waals surface area contributed by atoms with Gasteiger partial charge in [0.2, 0.25) is 5.95 Å². The van der Waals surface area contributed by atoms with Crippen LogP contribution in [0.25, 0.3) is 0 Å². The number of hydrogen-bond acceptors (Lipinski definition) is 6. The van der Waals surface area contributed by atoms with E-state index in [1.54, 1.807) is 18.2 Å². The molecule has 6 nitrogen and oxygen atoms in total. The highest BCUT2D eigenvalue weighted by Crippen LogP contribution is 2.31. The first-order chi connectivity index (χ1) is 12.8. The topological polar surface area (TPSA) is 72.0 Å². The number of anilines is 4. The first-order valence-corrected chi connectivity index (χ1v) is 7.97. The number of ether oxygens (including phenoxy) is 1. The number of methoxy groups -OCH3 is 1. The first kappa shape index (κ1) is 18.7. The lowest BCUT2D eigenvalue weighted by Crippen LogP contribution is -2.06. The molecule has 0 aliphatic rings. The summed E-state index contributed by atoms with van der Waals surface area (Å²) < 4.78 is 43.5. The Balaban J connectivity index is 1.77. The van der Waals surface area contributed by atoms with Gasteiger partial charge in [0.1, 0.15) is 5.75 Å². The van der Waals surface area contributed by atoms with Crippen LogP contribution in [0.3, 0.4) is 0 Å². The number of rotatable bonds is 5. The lowest BCUT2D eigenvalue weighted by Gasteiger charge is -2.11. The highest BCUT2D eigenvalue weighted by Gasteiger charge is 2.30. The average molecular weight is 396 g/mol. The van der Waals surface area contributed by atoms with Crippen LogP contribution in [0, 0.1) is 0 Å². The van der Waals surface area contributed by atoms with Crippen molar-refractivity contribution in [1.29, 1.82) is 0 Å². The van der Waals surface area contributed by atoms with Crippen molar-refractivity contribution < 1.29 is 17.9 Å². The van der Waals surface area contributed by atoms with Crippen molar-refractivity contribution in [1.82, 2.24) is 15.2 Å². The molecule has 0 radical (unpaired) electrons. The summed E-state index contributed by atoms with van der Waals surface area (Å²) in [7, 11) is 1.50. The van der Waals surface area contributed by atoms with E-state index in [1.165, 1.54) is 25.4 Å². The number of nitrogens with zero attached hydrogens (tertiary/aromatic N) is 3. The molecule has 3 rings (SSSR count). The van der Waals surface area contributed by atoms with Crippen molar-refractivity contribution in [3.05, 3.63) is 59.2 Å². The number of alkyl halides is 3. The second-order valence-electron chi connectivity index (χ2n) is 5.34. The zero-order valence-electron chi connectivity index (χ0n) is 13.9. The molecule has 0 unspecified atom stereocenters. The van der Waals surface area contributed by atoms with Crippen molar-refractivity contribution in [3.8, 4) is 5.75 Å².